The first kappa shape index (κ1) is 20.2. The van der Waals surface area contributed by atoms with E-state index < -0.39 is 0 Å². The maximum absolute atomic E-state index is 12.7. The molecule has 4 rings (SSSR count). The summed E-state index contributed by atoms with van der Waals surface area (Å²) in [4.78, 5) is 25.9. The van der Waals surface area contributed by atoms with Gasteiger partial charge in [0.2, 0.25) is 11.9 Å². The zero-order valence-electron chi connectivity index (χ0n) is 17.8. The number of nitrogens with two attached hydrogens (primary N) is 1. The quantitative estimate of drug-likeness (QED) is 0.716. The summed E-state index contributed by atoms with van der Waals surface area (Å²) in [6.07, 6.45) is 3.61. The number of nitrogens with one attached hydrogen (secondary N) is 2. The molecule has 0 aliphatic carbocycles. The van der Waals surface area contributed by atoms with Gasteiger partial charge in [-0.15, -0.1) is 0 Å². The molecule has 3 heterocycles. The predicted octanol–water partition coefficient (Wildman–Crippen LogP) is 2.60. The highest BCUT2D eigenvalue weighted by atomic mass is 16.2. The van der Waals surface area contributed by atoms with Crippen LogP contribution in [0.3, 0.4) is 0 Å². The second-order valence-corrected chi connectivity index (χ2v) is 7.96. The molecule has 0 bridgehead atoms. The van der Waals surface area contributed by atoms with Crippen molar-refractivity contribution < 1.29 is 4.79 Å². The van der Waals surface area contributed by atoms with Crippen LogP contribution in [0, 0.1) is 12.8 Å². The summed E-state index contributed by atoms with van der Waals surface area (Å²) in [5.41, 5.74) is 10.7. The predicted molar refractivity (Wildman–Crippen MR) is 120 cm³/mol. The van der Waals surface area contributed by atoms with E-state index in [4.69, 9.17) is 5.73 Å². The molecule has 2 aliphatic heterocycles. The molecule has 158 valence electrons. The highest BCUT2D eigenvalue weighted by Gasteiger charge is 2.27. The standard InChI is InChI=1S/C22H29N7O/c1-4-29-17-10-6-5-9-16(17)25-20(29)18(23)19-14(2)12-24-22(26-19)27-21(30)15-8-7-11-28(3)13-15/h5-6,9-10,12,15,25H,4,7-8,11,13,23H2,1-3H3,(H,24,26,27,30)/b20-18-. The average molecular weight is 408 g/mol. The van der Waals surface area contributed by atoms with Crippen molar-refractivity contribution in [3.05, 3.63) is 47.5 Å². The van der Waals surface area contributed by atoms with E-state index in [1.807, 2.05) is 32.2 Å². The number of fused-ring (bicyclic) bond motifs is 1. The molecule has 4 N–H and O–H groups in total. The van der Waals surface area contributed by atoms with Crippen molar-refractivity contribution in [2.24, 2.45) is 11.7 Å². The van der Waals surface area contributed by atoms with E-state index >= 15 is 0 Å². The van der Waals surface area contributed by atoms with Crippen molar-refractivity contribution >= 4 is 28.9 Å². The van der Waals surface area contributed by atoms with Crippen LogP contribution in [-0.4, -0.2) is 47.5 Å². The molecule has 0 saturated carbocycles. The number of aryl methyl sites for hydroxylation is 1. The number of hydrogen-bond acceptors (Lipinski definition) is 7. The first-order valence-electron chi connectivity index (χ1n) is 10.4. The molecule has 2 aromatic rings. The molecule has 1 fully saturated rings. The summed E-state index contributed by atoms with van der Waals surface area (Å²) in [6.45, 7) is 6.55. The Labute approximate surface area is 177 Å². The summed E-state index contributed by atoms with van der Waals surface area (Å²) in [5.74, 6) is 1.00. The summed E-state index contributed by atoms with van der Waals surface area (Å²) in [6, 6.07) is 8.09. The molecule has 1 aromatic carbocycles. The van der Waals surface area contributed by atoms with Gasteiger partial charge in [-0.05, 0) is 58.0 Å². The van der Waals surface area contributed by atoms with E-state index in [0.29, 0.717) is 11.4 Å². The normalized spacial score (nSPS) is 20.5. The fraction of sp³-hybridized carbons (Fsp3) is 0.409. The Hall–Kier alpha value is -3.13. The van der Waals surface area contributed by atoms with Crippen molar-refractivity contribution in [3.63, 3.8) is 0 Å². The number of carbonyl (C=O) groups is 1. The van der Waals surface area contributed by atoms with Crippen LogP contribution in [0.4, 0.5) is 17.3 Å². The third-order valence-electron chi connectivity index (χ3n) is 5.75. The van der Waals surface area contributed by atoms with Crippen molar-refractivity contribution in [2.45, 2.75) is 26.7 Å². The Morgan fingerprint density at radius 3 is 2.93 bits per heavy atom. The fourth-order valence-electron chi connectivity index (χ4n) is 4.15. The third kappa shape index (κ3) is 3.82. The second-order valence-electron chi connectivity index (χ2n) is 7.96. The minimum Gasteiger partial charge on any atom is -0.394 e. The van der Waals surface area contributed by atoms with Crippen molar-refractivity contribution in [1.29, 1.82) is 0 Å². The van der Waals surface area contributed by atoms with Crippen molar-refractivity contribution in [1.82, 2.24) is 14.9 Å². The molecule has 1 unspecified atom stereocenters. The van der Waals surface area contributed by atoms with E-state index in [0.717, 1.165) is 55.2 Å². The average Bonchev–Trinajstić information content (AvgIpc) is 3.13. The van der Waals surface area contributed by atoms with Crippen molar-refractivity contribution in [2.75, 3.05) is 42.2 Å². The number of piperidine rings is 1. The van der Waals surface area contributed by atoms with E-state index in [2.05, 4.69) is 43.4 Å². The third-order valence-corrected chi connectivity index (χ3v) is 5.75. The number of anilines is 3. The lowest BCUT2D eigenvalue weighted by Crippen LogP contribution is -2.38. The Morgan fingerprint density at radius 2 is 2.17 bits per heavy atom. The smallest absolute Gasteiger partial charge is 0.231 e. The zero-order chi connectivity index (χ0) is 21.3. The highest BCUT2D eigenvalue weighted by molar-refractivity contribution is 5.91. The molecule has 30 heavy (non-hydrogen) atoms. The lowest BCUT2D eigenvalue weighted by Gasteiger charge is -2.28. The number of benzene rings is 1. The number of carbonyl (C=O) groups excluding carboxylic acids is 1. The largest absolute Gasteiger partial charge is 0.394 e. The number of aromatic nitrogens is 2. The van der Waals surface area contributed by atoms with Gasteiger partial charge in [-0.1, -0.05) is 12.1 Å². The maximum Gasteiger partial charge on any atom is 0.231 e. The Kier molecular flexibility index (Phi) is 5.59. The van der Waals surface area contributed by atoms with Crippen LogP contribution >= 0.6 is 0 Å². The molecule has 1 amide bonds. The monoisotopic (exact) mass is 407 g/mol. The highest BCUT2D eigenvalue weighted by Crippen LogP contribution is 2.37. The Balaban J connectivity index is 1.60. The minimum atomic E-state index is -0.0469. The molecular formula is C22H29N7O. The number of hydrogen-bond donors (Lipinski definition) is 3. The Morgan fingerprint density at radius 1 is 1.37 bits per heavy atom. The van der Waals surface area contributed by atoms with Crippen LogP contribution in [0.2, 0.25) is 0 Å². The number of para-hydroxylation sites is 2. The number of amides is 1. The summed E-state index contributed by atoms with van der Waals surface area (Å²) in [5, 5.41) is 6.29. The van der Waals surface area contributed by atoms with Crippen LogP contribution in [0.1, 0.15) is 31.0 Å². The lowest BCUT2D eigenvalue weighted by atomic mass is 9.98. The molecule has 0 radical (unpaired) electrons. The number of nitrogens with zero attached hydrogens (tertiary/aromatic N) is 4. The number of rotatable bonds is 4. The van der Waals surface area contributed by atoms with Gasteiger partial charge in [-0.3, -0.25) is 10.1 Å². The van der Waals surface area contributed by atoms with Crippen LogP contribution in [-0.2, 0) is 4.79 Å². The van der Waals surface area contributed by atoms with Crippen LogP contribution in [0.5, 0.6) is 0 Å². The van der Waals surface area contributed by atoms with Gasteiger partial charge in [-0.25, -0.2) is 9.97 Å². The molecule has 1 aromatic heterocycles. The van der Waals surface area contributed by atoms with Crippen molar-refractivity contribution in [3.8, 4) is 0 Å². The molecule has 8 heteroatoms. The number of likely N-dealkylation sites (tertiary alicyclic amines) is 1. The molecule has 2 aliphatic rings. The minimum absolute atomic E-state index is 0.0378. The first-order valence-corrected chi connectivity index (χ1v) is 10.4. The SMILES string of the molecule is CCN1/C(=C(\N)c2nc(NC(=O)C3CCCN(C)C3)ncc2C)Nc2ccccc21. The van der Waals surface area contributed by atoms with Crippen LogP contribution < -0.4 is 21.3 Å². The second kappa shape index (κ2) is 8.31. The van der Waals surface area contributed by atoms with Crippen LogP contribution in [0.25, 0.3) is 5.70 Å². The van der Waals surface area contributed by atoms with E-state index in [1.165, 1.54) is 0 Å². The summed E-state index contributed by atoms with van der Waals surface area (Å²) in [7, 11) is 2.04. The van der Waals surface area contributed by atoms with Gasteiger partial charge in [0.25, 0.3) is 0 Å². The molecule has 8 nitrogen and oxygen atoms in total. The molecule has 0 spiro atoms. The van der Waals surface area contributed by atoms with Gasteiger partial charge in [0, 0.05) is 19.3 Å². The van der Waals surface area contributed by atoms with Gasteiger partial charge in [0.1, 0.15) is 5.82 Å². The van der Waals surface area contributed by atoms with Gasteiger partial charge >= 0.3 is 0 Å². The van der Waals surface area contributed by atoms with Gasteiger partial charge < -0.3 is 20.9 Å². The topological polar surface area (TPSA) is 99.4 Å². The van der Waals surface area contributed by atoms with Gasteiger partial charge in [0.05, 0.1) is 28.7 Å². The fourth-order valence-corrected chi connectivity index (χ4v) is 4.15. The lowest BCUT2D eigenvalue weighted by molar-refractivity contribution is -0.121. The Bertz CT molecular complexity index is 987. The van der Waals surface area contributed by atoms with E-state index in [9.17, 15) is 4.79 Å². The zero-order valence-corrected chi connectivity index (χ0v) is 17.8. The summed E-state index contributed by atoms with van der Waals surface area (Å²) >= 11 is 0. The molecular weight excluding hydrogens is 378 g/mol. The van der Waals surface area contributed by atoms with E-state index in [-0.39, 0.29) is 17.8 Å². The maximum atomic E-state index is 12.7. The van der Waals surface area contributed by atoms with E-state index in [1.54, 1.807) is 6.20 Å². The summed E-state index contributed by atoms with van der Waals surface area (Å²) < 4.78 is 0. The van der Waals surface area contributed by atoms with Gasteiger partial charge in [-0.2, -0.15) is 0 Å². The molecule has 1 saturated heterocycles. The van der Waals surface area contributed by atoms with Crippen LogP contribution in [0.15, 0.2) is 36.3 Å². The van der Waals surface area contributed by atoms with Gasteiger partial charge in [0.15, 0.2) is 0 Å². The first-order chi connectivity index (χ1) is 14.5. The molecule has 1 atom stereocenters.